The fraction of sp³-hybridized carbons (Fsp3) is 0.400. The number of rotatable bonds is 7. The van der Waals surface area contributed by atoms with Gasteiger partial charge in [-0.1, -0.05) is 12.1 Å². The van der Waals surface area contributed by atoms with E-state index in [0.29, 0.717) is 29.5 Å². The summed E-state index contributed by atoms with van der Waals surface area (Å²) in [5.41, 5.74) is 7.79. The Morgan fingerprint density at radius 2 is 1.94 bits per heavy atom. The van der Waals surface area contributed by atoms with E-state index >= 15 is 0 Å². The second-order valence-corrected chi connectivity index (χ2v) is 9.75. The number of aromatic nitrogens is 4. The lowest BCUT2D eigenvalue weighted by molar-refractivity contribution is 0.0895. The zero-order chi connectivity index (χ0) is 24.6. The fourth-order valence-corrected chi connectivity index (χ4v) is 4.63. The molecular formula is C25H30N8O2. The molecule has 1 saturated carbocycles. The van der Waals surface area contributed by atoms with Gasteiger partial charge in [-0.05, 0) is 56.2 Å². The smallest absolute Gasteiger partial charge is 0.271 e. The van der Waals surface area contributed by atoms with E-state index in [1.165, 1.54) is 18.4 Å². The number of hydrogen-bond acceptors (Lipinski definition) is 7. The third kappa shape index (κ3) is 5.11. The highest BCUT2D eigenvalue weighted by molar-refractivity contribution is 5.96. The number of amides is 2. The van der Waals surface area contributed by atoms with E-state index in [1.807, 2.05) is 12.1 Å². The number of benzene rings is 1. The van der Waals surface area contributed by atoms with Crippen molar-refractivity contribution in [3.8, 4) is 0 Å². The van der Waals surface area contributed by atoms with Crippen LogP contribution in [0.25, 0.3) is 0 Å². The van der Waals surface area contributed by atoms with Crippen molar-refractivity contribution in [2.45, 2.75) is 44.1 Å². The van der Waals surface area contributed by atoms with Gasteiger partial charge < -0.3 is 21.3 Å². The summed E-state index contributed by atoms with van der Waals surface area (Å²) in [5.74, 6) is 0.797. The quantitative estimate of drug-likeness (QED) is 0.480. The van der Waals surface area contributed by atoms with Crippen molar-refractivity contribution >= 4 is 29.1 Å². The van der Waals surface area contributed by atoms with Crippen molar-refractivity contribution in [1.82, 2.24) is 25.1 Å². The largest absolute Gasteiger partial charge is 0.364 e. The van der Waals surface area contributed by atoms with Crippen LogP contribution in [0, 0.1) is 0 Å². The number of primary amides is 1. The monoisotopic (exact) mass is 474 g/mol. The fourth-order valence-electron chi connectivity index (χ4n) is 4.63. The number of piperidine rings is 1. The van der Waals surface area contributed by atoms with Gasteiger partial charge in [0, 0.05) is 31.9 Å². The van der Waals surface area contributed by atoms with Crippen molar-refractivity contribution < 1.29 is 9.59 Å². The molecular weight excluding hydrogens is 444 g/mol. The van der Waals surface area contributed by atoms with Gasteiger partial charge in [0.25, 0.3) is 11.8 Å². The third-order valence-electron chi connectivity index (χ3n) is 6.62. The maximum absolute atomic E-state index is 13.0. The Morgan fingerprint density at radius 3 is 2.60 bits per heavy atom. The minimum atomic E-state index is -0.668. The van der Waals surface area contributed by atoms with Gasteiger partial charge in [-0.2, -0.15) is 5.10 Å². The molecule has 0 bridgehead atoms. The normalized spacial score (nSPS) is 19.9. The average molecular weight is 475 g/mol. The van der Waals surface area contributed by atoms with Crippen molar-refractivity contribution in [2.75, 3.05) is 23.3 Å². The first-order chi connectivity index (χ1) is 16.8. The van der Waals surface area contributed by atoms with Crippen molar-refractivity contribution in [3.63, 3.8) is 0 Å². The number of nitrogens with two attached hydrogens (primary N) is 1. The van der Waals surface area contributed by atoms with E-state index in [-0.39, 0.29) is 17.4 Å². The van der Waals surface area contributed by atoms with Gasteiger partial charge in [-0.25, -0.2) is 9.97 Å². The van der Waals surface area contributed by atoms with Crippen LogP contribution in [0.3, 0.4) is 0 Å². The Bertz CT molecular complexity index is 1250. The predicted molar refractivity (Wildman–Crippen MR) is 133 cm³/mol. The first-order valence-electron chi connectivity index (χ1n) is 11.9. The number of nitrogens with one attached hydrogen (secondary N) is 2. The molecule has 1 aliphatic heterocycles. The lowest BCUT2D eigenvalue weighted by Gasteiger charge is -2.41. The van der Waals surface area contributed by atoms with Crippen LogP contribution < -0.4 is 21.3 Å². The SMILES string of the molecule is Cn1cc(Nc2nc(N3CCC[C@@](C)(NC(=O)c4ccc(C5CC5)cc4)C3)cnc2C(N)=O)cn1. The molecule has 0 radical (unpaired) electrons. The lowest BCUT2D eigenvalue weighted by atomic mass is 9.90. The first-order valence-corrected chi connectivity index (χ1v) is 11.9. The Hall–Kier alpha value is -3.95. The lowest BCUT2D eigenvalue weighted by Crippen LogP contribution is -2.57. The molecule has 1 saturated heterocycles. The zero-order valence-corrected chi connectivity index (χ0v) is 20.0. The zero-order valence-electron chi connectivity index (χ0n) is 20.0. The molecule has 182 valence electrons. The summed E-state index contributed by atoms with van der Waals surface area (Å²) in [7, 11) is 1.80. The number of hydrogen-bond donors (Lipinski definition) is 3. The third-order valence-corrected chi connectivity index (χ3v) is 6.62. The topological polar surface area (TPSA) is 131 Å². The molecule has 1 aromatic carbocycles. The summed E-state index contributed by atoms with van der Waals surface area (Å²) in [6, 6.07) is 7.96. The average Bonchev–Trinajstić information content (AvgIpc) is 3.60. The van der Waals surface area contributed by atoms with E-state index in [9.17, 15) is 9.59 Å². The van der Waals surface area contributed by atoms with Gasteiger partial charge >= 0.3 is 0 Å². The van der Waals surface area contributed by atoms with Crippen molar-refractivity contribution in [2.24, 2.45) is 12.8 Å². The second-order valence-electron chi connectivity index (χ2n) is 9.75. The van der Waals surface area contributed by atoms with E-state index in [4.69, 9.17) is 5.73 Å². The van der Waals surface area contributed by atoms with Crippen molar-refractivity contribution in [3.05, 3.63) is 59.7 Å². The van der Waals surface area contributed by atoms with Crippen LogP contribution in [0.4, 0.5) is 17.3 Å². The molecule has 2 aromatic heterocycles. The number of carbonyl (C=O) groups excluding carboxylic acids is 2. The van der Waals surface area contributed by atoms with Crippen LogP contribution in [0.5, 0.6) is 0 Å². The first kappa shape index (κ1) is 22.8. The highest BCUT2D eigenvalue weighted by Gasteiger charge is 2.34. The second kappa shape index (κ2) is 9.01. The number of anilines is 3. The minimum absolute atomic E-state index is 0.0559. The van der Waals surface area contributed by atoms with Gasteiger partial charge in [0.2, 0.25) is 0 Å². The maximum atomic E-state index is 13.0. The molecule has 3 heterocycles. The van der Waals surface area contributed by atoms with Crippen LogP contribution in [0.1, 0.15) is 64.9 Å². The molecule has 0 spiro atoms. The van der Waals surface area contributed by atoms with Crippen LogP contribution in [0.2, 0.25) is 0 Å². The van der Waals surface area contributed by atoms with E-state index in [1.54, 1.807) is 30.3 Å². The maximum Gasteiger partial charge on any atom is 0.271 e. The van der Waals surface area contributed by atoms with Gasteiger partial charge in [-0.15, -0.1) is 0 Å². The number of aryl methyl sites for hydroxylation is 1. The molecule has 10 nitrogen and oxygen atoms in total. The summed E-state index contributed by atoms with van der Waals surface area (Å²) >= 11 is 0. The van der Waals surface area contributed by atoms with Crippen LogP contribution in [-0.4, -0.2) is 50.2 Å². The Labute approximate surface area is 203 Å². The Morgan fingerprint density at radius 1 is 1.17 bits per heavy atom. The van der Waals surface area contributed by atoms with Crippen LogP contribution in [0.15, 0.2) is 42.9 Å². The van der Waals surface area contributed by atoms with Crippen LogP contribution in [-0.2, 0) is 7.05 Å². The highest BCUT2D eigenvalue weighted by Crippen LogP contribution is 2.40. The summed E-state index contributed by atoms with van der Waals surface area (Å²) < 4.78 is 1.64. The van der Waals surface area contributed by atoms with E-state index in [0.717, 1.165) is 19.4 Å². The molecule has 3 aromatic rings. The molecule has 4 N–H and O–H groups in total. The summed E-state index contributed by atoms with van der Waals surface area (Å²) in [6.07, 6.45) is 9.15. The van der Waals surface area contributed by atoms with Crippen molar-refractivity contribution in [1.29, 1.82) is 0 Å². The van der Waals surface area contributed by atoms with E-state index in [2.05, 4.69) is 49.7 Å². The van der Waals surface area contributed by atoms with Gasteiger partial charge in [0.15, 0.2) is 11.5 Å². The Kier molecular flexibility index (Phi) is 5.88. The molecule has 0 unspecified atom stereocenters. The van der Waals surface area contributed by atoms with Gasteiger partial charge in [0.05, 0.1) is 23.6 Å². The number of nitrogens with zero attached hydrogens (tertiary/aromatic N) is 5. The molecule has 2 amide bonds. The Balaban J connectivity index is 1.32. The minimum Gasteiger partial charge on any atom is -0.364 e. The van der Waals surface area contributed by atoms with Gasteiger partial charge in [0.1, 0.15) is 5.82 Å². The number of carbonyl (C=O) groups is 2. The molecule has 1 atom stereocenters. The molecule has 1 aliphatic carbocycles. The molecule has 2 aliphatic rings. The molecule has 10 heteroatoms. The summed E-state index contributed by atoms with van der Waals surface area (Å²) in [4.78, 5) is 36.0. The van der Waals surface area contributed by atoms with Crippen LogP contribution >= 0.6 is 0 Å². The van der Waals surface area contributed by atoms with Gasteiger partial charge in [-0.3, -0.25) is 14.3 Å². The predicted octanol–water partition coefficient (Wildman–Crippen LogP) is 2.72. The standard InChI is InChI=1S/C25H30N8O2/c1-25(31-24(35)18-8-6-17(7-9-18)16-4-5-16)10-3-11-33(15-25)20-13-27-21(22(26)34)23(30-20)29-19-12-28-32(2)14-19/h6-9,12-14,16H,3-5,10-11,15H2,1-2H3,(H2,26,34)(H,29,30)(H,31,35)/t25-/m1/s1. The molecule has 35 heavy (non-hydrogen) atoms. The molecule has 2 fully saturated rings. The highest BCUT2D eigenvalue weighted by atomic mass is 16.2. The summed E-state index contributed by atoms with van der Waals surface area (Å²) in [5, 5.41) is 10.5. The van der Waals surface area contributed by atoms with E-state index < -0.39 is 11.4 Å². The summed E-state index contributed by atoms with van der Waals surface area (Å²) in [6.45, 7) is 3.38. The molecule has 5 rings (SSSR count).